The Bertz CT molecular complexity index is 1290. The minimum Gasteiger partial charge on any atom is -0.461 e. The molecule has 280 valence electrons. The van der Waals surface area contributed by atoms with Crippen molar-refractivity contribution in [3.8, 4) is 0 Å². The Labute approximate surface area is 292 Å². The number of ether oxygens (including phenoxy) is 2. The molecule has 2 saturated heterocycles. The van der Waals surface area contributed by atoms with E-state index >= 15 is 0 Å². The van der Waals surface area contributed by atoms with Gasteiger partial charge in [0.1, 0.15) is 18.7 Å². The predicted molar refractivity (Wildman–Crippen MR) is 180 cm³/mol. The van der Waals surface area contributed by atoms with Gasteiger partial charge in [0.15, 0.2) is 0 Å². The number of anilines is 1. The van der Waals surface area contributed by atoms with Crippen LogP contribution in [0.2, 0.25) is 0 Å². The van der Waals surface area contributed by atoms with Gasteiger partial charge in [-0.2, -0.15) is 13.2 Å². The van der Waals surface area contributed by atoms with Crippen molar-refractivity contribution in [2.75, 3.05) is 44.7 Å². The number of morpholine rings is 1. The second-order valence-corrected chi connectivity index (χ2v) is 13.4. The average molecular weight is 712 g/mol. The summed E-state index contributed by atoms with van der Waals surface area (Å²) in [6, 6.07) is 2.41. The Balaban J connectivity index is 1.63. The van der Waals surface area contributed by atoms with Crippen molar-refractivity contribution >= 4 is 35.3 Å². The molecule has 1 unspecified atom stereocenters. The molecule has 15 heteroatoms. The van der Waals surface area contributed by atoms with E-state index in [0.29, 0.717) is 50.3 Å². The van der Waals surface area contributed by atoms with Crippen molar-refractivity contribution < 1.29 is 46.6 Å². The fraction of sp³-hybridized carbons (Fsp3) is 0.686. The largest absolute Gasteiger partial charge is 0.461 e. The van der Waals surface area contributed by atoms with Crippen LogP contribution < -0.4 is 16.0 Å². The molecule has 2 heterocycles. The maximum atomic E-state index is 14.2. The number of alkyl halides is 3. The van der Waals surface area contributed by atoms with Crippen LogP contribution in [-0.2, 0) is 40.1 Å². The third-order valence-electron chi connectivity index (χ3n) is 8.94. The van der Waals surface area contributed by atoms with Crippen molar-refractivity contribution in [3.05, 3.63) is 29.8 Å². The van der Waals surface area contributed by atoms with Gasteiger partial charge in [-0.1, -0.05) is 45.7 Å². The third kappa shape index (κ3) is 13.3. The summed E-state index contributed by atoms with van der Waals surface area (Å²) in [7, 11) is 0. The zero-order valence-corrected chi connectivity index (χ0v) is 29.5. The lowest BCUT2D eigenvalue weighted by atomic mass is 9.99. The van der Waals surface area contributed by atoms with Crippen LogP contribution in [0.25, 0.3) is 0 Å². The summed E-state index contributed by atoms with van der Waals surface area (Å²) in [6.45, 7) is 9.87. The number of esters is 1. The maximum Gasteiger partial charge on any atom is 0.403 e. The van der Waals surface area contributed by atoms with E-state index in [2.05, 4.69) is 20.9 Å². The standard InChI is InChI=1S/C35H52F3N5O7/c1-23(2)31(41-29(35(36,37)38)10-6-5-7-16-43-30(45)21-24(3)34(43)48)33(47)40-28(9-8-15-42-17-19-49-20-18-42)32(46)39-27-13-11-26(12-14-27)22-50-25(4)44/h11-14,23-24,28-29,31,41H,5-10,15-22H2,1-4H3,(H,39,46)(H,40,47)/t24?,28-,29+,31-/m0/s1. The van der Waals surface area contributed by atoms with Gasteiger partial charge in [-0.25, -0.2) is 0 Å². The Morgan fingerprint density at radius 2 is 1.64 bits per heavy atom. The van der Waals surface area contributed by atoms with E-state index in [1.54, 1.807) is 45.0 Å². The molecule has 1 aromatic rings. The number of carbonyl (C=O) groups is 5. The monoisotopic (exact) mass is 711 g/mol. The number of amides is 4. The zero-order valence-electron chi connectivity index (χ0n) is 29.5. The summed E-state index contributed by atoms with van der Waals surface area (Å²) in [4.78, 5) is 65.7. The van der Waals surface area contributed by atoms with Gasteiger partial charge in [0.25, 0.3) is 0 Å². The lowest BCUT2D eigenvalue weighted by Crippen LogP contribution is -2.58. The first-order valence-corrected chi connectivity index (χ1v) is 17.5. The summed E-state index contributed by atoms with van der Waals surface area (Å²) in [5.41, 5.74) is 1.16. The minimum atomic E-state index is -4.64. The van der Waals surface area contributed by atoms with E-state index in [9.17, 15) is 37.1 Å². The number of nitrogens with one attached hydrogen (secondary N) is 3. The SMILES string of the molecule is CC(=O)OCc1ccc(NC(=O)[C@H](CCCN2CCOCC2)NC(=O)[C@@H](N[C@H](CCCCCN2C(=O)CC(C)C2=O)C(F)(F)F)C(C)C)cc1. The number of halogens is 3. The molecule has 2 aliphatic rings. The predicted octanol–water partition coefficient (Wildman–Crippen LogP) is 3.79. The van der Waals surface area contributed by atoms with Gasteiger partial charge < -0.3 is 20.1 Å². The molecule has 0 saturated carbocycles. The molecule has 2 aliphatic heterocycles. The first kappa shape index (κ1) is 40.9. The molecule has 4 atom stereocenters. The number of carbonyl (C=O) groups excluding carboxylic acids is 5. The molecule has 0 radical (unpaired) electrons. The molecule has 12 nitrogen and oxygen atoms in total. The normalized spacial score (nSPS) is 19.0. The van der Waals surface area contributed by atoms with Crippen molar-refractivity contribution in [3.63, 3.8) is 0 Å². The Hall–Kier alpha value is -3.56. The highest BCUT2D eigenvalue weighted by atomic mass is 19.4. The number of benzene rings is 1. The van der Waals surface area contributed by atoms with Crippen molar-refractivity contribution in [2.24, 2.45) is 11.8 Å². The van der Waals surface area contributed by atoms with Crippen LogP contribution in [0, 0.1) is 11.8 Å². The summed E-state index contributed by atoms with van der Waals surface area (Å²) < 4.78 is 53.0. The highest BCUT2D eigenvalue weighted by Crippen LogP contribution is 2.26. The highest BCUT2D eigenvalue weighted by Gasteiger charge is 2.42. The van der Waals surface area contributed by atoms with Crippen molar-refractivity contribution in [1.82, 2.24) is 20.4 Å². The summed E-state index contributed by atoms with van der Waals surface area (Å²) in [6.07, 6.45) is -3.05. The van der Waals surface area contributed by atoms with Crippen LogP contribution in [0.3, 0.4) is 0 Å². The molecule has 3 N–H and O–H groups in total. The smallest absolute Gasteiger partial charge is 0.403 e. The summed E-state index contributed by atoms with van der Waals surface area (Å²) >= 11 is 0. The average Bonchev–Trinajstić information content (AvgIpc) is 3.30. The molecule has 0 aliphatic carbocycles. The van der Waals surface area contributed by atoms with Crippen LogP contribution in [0.4, 0.5) is 18.9 Å². The van der Waals surface area contributed by atoms with Crippen LogP contribution in [-0.4, -0.2) is 103 Å². The van der Waals surface area contributed by atoms with Gasteiger partial charge >= 0.3 is 12.1 Å². The zero-order chi connectivity index (χ0) is 36.8. The number of likely N-dealkylation sites (tertiary alicyclic amines) is 1. The summed E-state index contributed by atoms with van der Waals surface area (Å²) in [5, 5.41) is 8.04. The highest BCUT2D eigenvalue weighted by molar-refractivity contribution is 6.03. The van der Waals surface area contributed by atoms with Crippen LogP contribution in [0.5, 0.6) is 0 Å². The van der Waals surface area contributed by atoms with Gasteiger partial charge in [-0.05, 0) is 55.8 Å². The Kier molecular flexibility index (Phi) is 16.1. The lowest BCUT2D eigenvalue weighted by Gasteiger charge is -2.31. The molecule has 0 spiro atoms. The van der Waals surface area contributed by atoms with E-state index in [4.69, 9.17) is 9.47 Å². The van der Waals surface area contributed by atoms with Gasteiger partial charge in [0.2, 0.25) is 23.6 Å². The number of imide groups is 1. The molecule has 50 heavy (non-hydrogen) atoms. The van der Waals surface area contributed by atoms with E-state index in [1.807, 2.05) is 0 Å². The van der Waals surface area contributed by atoms with Gasteiger partial charge in [0, 0.05) is 44.6 Å². The quantitative estimate of drug-likeness (QED) is 0.111. The van der Waals surface area contributed by atoms with E-state index in [0.717, 1.165) is 13.1 Å². The minimum absolute atomic E-state index is 0.0756. The molecule has 3 rings (SSSR count). The number of nitrogens with zero attached hydrogens (tertiary/aromatic N) is 2. The fourth-order valence-electron chi connectivity index (χ4n) is 5.98. The third-order valence-corrected chi connectivity index (χ3v) is 8.94. The molecule has 0 aromatic heterocycles. The van der Waals surface area contributed by atoms with Crippen LogP contribution in [0.15, 0.2) is 24.3 Å². The molecule has 4 amide bonds. The molecular weight excluding hydrogens is 659 g/mol. The lowest BCUT2D eigenvalue weighted by molar-refractivity contribution is -0.161. The first-order valence-electron chi connectivity index (χ1n) is 17.5. The Morgan fingerprint density at radius 3 is 2.22 bits per heavy atom. The number of unbranched alkanes of at least 4 members (excludes halogenated alkanes) is 2. The second-order valence-electron chi connectivity index (χ2n) is 13.4. The van der Waals surface area contributed by atoms with Gasteiger partial charge in [-0.3, -0.25) is 39.1 Å². The molecular formula is C35H52F3N5O7. The molecule has 1 aromatic carbocycles. The van der Waals surface area contributed by atoms with E-state index < -0.39 is 48.0 Å². The fourth-order valence-corrected chi connectivity index (χ4v) is 5.98. The Morgan fingerprint density at radius 1 is 0.960 bits per heavy atom. The van der Waals surface area contributed by atoms with E-state index in [1.165, 1.54) is 11.8 Å². The van der Waals surface area contributed by atoms with Crippen LogP contribution in [0.1, 0.15) is 78.2 Å². The van der Waals surface area contributed by atoms with Crippen molar-refractivity contribution in [2.45, 2.75) is 104 Å². The number of hydrogen-bond acceptors (Lipinski definition) is 9. The van der Waals surface area contributed by atoms with Gasteiger partial charge in [0.05, 0.1) is 19.3 Å². The van der Waals surface area contributed by atoms with Crippen LogP contribution >= 0.6 is 0 Å². The summed E-state index contributed by atoms with van der Waals surface area (Å²) in [5.74, 6) is -3.06. The maximum absolute atomic E-state index is 14.2. The van der Waals surface area contributed by atoms with Crippen molar-refractivity contribution in [1.29, 1.82) is 0 Å². The molecule has 2 fully saturated rings. The van der Waals surface area contributed by atoms with E-state index in [-0.39, 0.29) is 56.6 Å². The van der Waals surface area contributed by atoms with Gasteiger partial charge in [-0.15, -0.1) is 0 Å². The topological polar surface area (TPSA) is 146 Å². The first-order chi connectivity index (χ1) is 23.6. The molecule has 0 bridgehead atoms. The number of rotatable bonds is 19. The number of hydrogen-bond donors (Lipinski definition) is 3. The second kappa shape index (κ2) is 19.7.